The van der Waals surface area contributed by atoms with E-state index in [0.717, 1.165) is 16.5 Å². The van der Waals surface area contributed by atoms with Crippen LogP contribution >= 0.6 is 0 Å². The van der Waals surface area contributed by atoms with Crippen molar-refractivity contribution in [2.75, 3.05) is 6.54 Å². The molecule has 0 fully saturated rings. The fraction of sp³-hybridized carbons (Fsp3) is 0.211. The number of nitrogens with zero attached hydrogens (tertiary/aromatic N) is 2. The molecule has 0 aliphatic heterocycles. The molecule has 0 atom stereocenters. The molecule has 1 amide bonds. The summed E-state index contributed by atoms with van der Waals surface area (Å²) < 4.78 is 0. The maximum atomic E-state index is 12.8. The van der Waals surface area contributed by atoms with Crippen molar-refractivity contribution in [2.45, 2.75) is 13.8 Å². The fourth-order valence-electron chi connectivity index (χ4n) is 2.47. The third kappa shape index (κ3) is 3.21. The maximum absolute atomic E-state index is 12.8. The monoisotopic (exact) mass is 305 g/mol. The van der Waals surface area contributed by atoms with E-state index in [1.54, 1.807) is 0 Å². The minimum absolute atomic E-state index is 0.108. The minimum atomic E-state index is -0.108. The fourth-order valence-corrected chi connectivity index (χ4v) is 2.47. The molecule has 116 valence electrons. The van der Waals surface area contributed by atoms with Crippen molar-refractivity contribution in [3.05, 3.63) is 60.2 Å². The molecule has 0 spiro atoms. The molecular formula is C19H19N3O. The van der Waals surface area contributed by atoms with Crippen LogP contribution in [0.15, 0.2) is 54.6 Å². The minimum Gasteiger partial charge on any atom is -0.352 e. The predicted octanol–water partition coefficient (Wildman–Crippen LogP) is 3.68. The van der Waals surface area contributed by atoms with E-state index >= 15 is 0 Å². The molecule has 1 N–H and O–H groups in total. The summed E-state index contributed by atoms with van der Waals surface area (Å²) in [7, 11) is 0. The highest BCUT2D eigenvalue weighted by Crippen LogP contribution is 2.26. The van der Waals surface area contributed by atoms with E-state index < -0.39 is 0 Å². The van der Waals surface area contributed by atoms with Crippen LogP contribution in [-0.2, 0) is 0 Å². The molecule has 0 aliphatic carbocycles. The number of amides is 1. The average Bonchev–Trinajstić information content (AvgIpc) is 2.59. The number of carbonyl (C=O) groups excluding carboxylic acids is 1. The summed E-state index contributed by atoms with van der Waals surface area (Å²) in [4.78, 5) is 12.8. The molecule has 23 heavy (non-hydrogen) atoms. The summed E-state index contributed by atoms with van der Waals surface area (Å²) in [6, 6.07) is 17.3. The molecular weight excluding hydrogens is 286 g/mol. The Labute approximate surface area is 135 Å². The van der Waals surface area contributed by atoms with Crippen LogP contribution in [0.5, 0.6) is 0 Å². The number of aromatic nitrogens is 2. The topological polar surface area (TPSA) is 54.9 Å². The number of nitrogens with one attached hydrogen (secondary N) is 1. The van der Waals surface area contributed by atoms with Gasteiger partial charge in [-0.3, -0.25) is 4.79 Å². The van der Waals surface area contributed by atoms with Crippen molar-refractivity contribution < 1.29 is 4.79 Å². The Balaban J connectivity index is 2.16. The molecule has 0 unspecified atom stereocenters. The van der Waals surface area contributed by atoms with Gasteiger partial charge in [0.15, 0.2) is 0 Å². The first-order valence-electron chi connectivity index (χ1n) is 7.76. The predicted molar refractivity (Wildman–Crippen MR) is 92.1 cm³/mol. The van der Waals surface area contributed by atoms with Crippen molar-refractivity contribution >= 4 is 16.8 Å². The lowest BCUT2D eigenvalue weighted by molar-refractivity contribution is 0.0951. The van der Waals surface area contributed by atoms with Crippen LogP contribution in [0.4, 0.5) is 0 Å². The molecule has 0 saturated carbocycles. The molecule has 2 aromatic carbocycles. The Morgan fingerprint density at radius 2 is 1.70 bits per heavy atom. The van der Waals surface area contributed by atoms with Gasteiger partial charge >= 0.3 is 0 Å². The van der Waals surface area contributed by atoms with E-state index in [1.165, 1.54) is 0 Å². The number of carbonyl (C=O) groups is 1. The van der Waals surface area contributed by atoms with Crippen LogP contribution in [-0.4, -0.2) is 22.6 Å². The Morgan fingerprint density at radius 1 is 1.00 bits per heavy atom. The average molecular weight is 305 g/mol. The summed E-state index contributed by atoms with van der Waals surface area (Å²) in [6.07, 6.45) is 0. The third-order valence-electron chi connectivity index (χ3n) is 3.61. The second-order valence-corrected chi connectivity index (χ2v) is 5.91. The summed E-state index contributed by atoms with van der Waals surface area (Å²) in [6.45, 7) is 4.77. The van der Waals surface area contributed by atoms with Gasteiger partial charge in [-0.05, 0) is 12.0 Å². The van der Waals surface area contributed by atoms with Crippen LogP contribution in [0.2, 0.25) is 0 Å². The largest absolute Gasteiger partial charge is 0.352 e. The molecule has 1 aromatic heterocycles. The number of hydrogen-bond acceptors (Lipinski definition) is 3. The van der Waals surface area contributed by atoms with Crippen molar-refractivity contribution in [3.63, 3.8) is 0 Å². The zero-order valence-corrected chi connectivity index (χ0v) is 13.3. The van der Waals surface area contributed by atoms with E-state index in [2.05, 4.69) is 29.4 Å². The quantitative estimate of drug-likeness (QED) is 0.800. The highest BCUT2D eigenvalue weighted by molar-refractivity contribution is 6.10. The lowest BCUT2D eigenvalue weighted by Gasteiger charge is -2.13. The number of hydrogen-bond donors (Lipinski definition) is 1. The van der Waals surface area contributed by atoms with Gasteiger partial charge in [-0.15, -0.1) is 10.2 Å². The smallest absolute Gasteiger partial charge is 0.254 e. The molecule has 0 bridgehead atoms. The number of fused-ring (bicyclic) bond motifs is 1. The van der Waals surface area contributed by atoms with Crippen molar-refractivity contribution in [3.8, 4) is 11.3 Å². The summed E-state index contributed by atoms with van der Waals surface area (Å²) in [5, 5.41) is 12.4. The summed E-state index contributed by atoms with van der Waals surface area (Å²) in [5.74, 6) is 0.281. The first kappa shape index (κ1) is 15.2. The summed E-state index contributed by atoms with van der Waals surface area (Å²) in [5.41, 5.74) is 2.82. The molecule has 0 radical (unpaired) electrons. The van der Waals surface area contributed by atoms with E-state index in [9.17, 15) is 4.79 Å². The van der Waals surface area contributed by atoms with E-state index in [4.69, 9.17) is 0 Å². The Kier molecular flexibility index (Phi) is 4.33. The Bertz CT molecular complexity index is 828. The summed E-state index contributed by atoms with van der Waals surface area (Å²) >= 11 is 0. The normalized spacial score (nSPS) is 10.9. The second-order valence-electron chi connectivity index (χ2n) is 5.91. The third-order valence-corrected chi connectivity index (χ3v) is 3.61. The molecule has 3 aromatic rings. The molecule has 4 nitrogen and oxygen atoms in total. The van der Waals surface area contributed by atoms with E-state index in [0.29, 0.717) is 23.7 Å². The maximum Gasteiger partial charge on any atom is 0.254 e. The SMILES string of the molecule is CC(C)CNC(=O)c1c(-c2ccccc2)nnc2ccccc12. The first-order chi connectivity index (χ1) is 11.2. The van der Waals surface area contributed by atoms with Crippen LogP contribution < -0.4 is 5.32 Å². The zero-order valence-electron chi connectivity index (χ0n) is 13.3. The van der Waals surface area contributed by atoms with E-state index in [1.807, 2.05) is 54.6 Å². The van der Waals surface area contributed by atoms with Gasteiger partial charge in [0.1, 0.15) is 5.69 Å². The van der Waals surface area contributed by atoms with Crippen molar-refractivity contribution in [2.24, 2.45) is 5.92 Å². The lowest BCUT2D eigenvalue weighted by atomic mass is 10.0. The Hall–Kier alpha value is -2.75. The van der Waals surface area contributed by atoms with Gasteiger partial charge in [0.05, 0.1) is 11.1 Å². The highest BCUT2D eigenvalue weighted by Gasteiger charge is 2.19. The van der Waals surface area contributed by atoms with Gasteiger partial charge in [-0.1, -0.05) is 62.4 Å². The number of benzene rings is 2. The highest BCUT2D eigenvalue weighted by atomic mass is 16.1. The molecule has 0 saturated heterocycles. The van der Waals surface area contributed by atoms with Crippen LogP contribution in [0, 0.1) is 5.92 Å². The van der Waals surface area contributed by atoms with Crippen molar-refractivity contribution in [1.29, 1.82) is 0 Å². The Morgan fingerprint density at radius 3 is 2.43 bits per heavy atom. The van der Waals surface area contributed by atoms with Crippen LogP contribution in [0.25, 0.3) is 22.2 Å². The van der Waals surface area contributed by atoms with Crippen LogP contribution in [0.3, 0.4) is 0 Å². The number of rotatable bonds is 4. The van der Waals surface area contributed by atoms with Crippen LogP contribution in [0.1, 0.15) is 24.2 Å². The standard InChI is InChI=1S/C19H19N3O/c1-13(2)12-20-19(23)17-15-10-6-7-11-16(15)21-22-18(17)14-8-4-3-5-9-14/h3-11,13H,12H2,1-2H3,(H,20,23). The van der Waals surface area contributed by atoms with Crippen molar-refractivity contribution in [1.82, 2.24) is 15.5 Å². The van der Waals surface area contributed by atoms with E-state index in [-0.39, 0.29) is 5.91 Å². The van der Waals surface area contributed by atoms with Gasteiger partial charge in [0, 0.05) is 17.5 Å². The molecule has 3 rings (SSSR count). The first-order valence-corrected chi connectivity index (χ1v) is 7.76. The lowest BCUT2D eigenvalue weighted by Crippen LogP contribution is -2.28. The molecule has 4 heteroatoms. The van der Waals surface area contributed by atoms with Gasteiger partial charge in [0.2, 0.25) is 0 Å². The second kappa shape index (κ2) is 6.57. The zero-order chi connectivity index (χ0) is 16.2. The molecule has 1 heterocycles. The van der Waals surface area contributed by atoms with Gasteiger partial charge in [0.25, 0.3) is 5.91 Å². The molecule has 0 aliphatic rings. The van der Waals surface area contributed by atoms with Gasteiger partial charge in [-0.25, -0.2) is 0 Å². The van der Waals surface area contributed by atoms with Gasteiger partial charge < -0.3 is 5.32 Å². The van der Waals surface area contributed by atoms with Gasteiger partial charge in [-0.2, -0.15) is 0 Å².